The molecule has 2 amide bonds. The first kappa shape index (κ1) is 15.3. The molecule has 3 rings (SSSR count). The van der Waals surface area contributed by atoms with Gasteiger partial charge in [0.2, 0.25) is 11.8 Å². The van der Waals surface area contributed by atoms with E-state index >= 15 is 0 Å². The normalized spacial score (nSPS) is 17.3. The minimum absolute atomic E-state index is 0.0609. The summed E-state index contributed by atoms with van der Waals surface area (Å²) in [5.41, 5.74) is 1.82. The van der Waals surface area contributed by atoms with E-state index in [2.05, 4.69) is 10.4 Å². The van der Waals surface area contributed by atoms with E-state index < -0.39 is 6.04 Å². The lowest BCUT2D eigenvalue weighted by Gasteiger charge is -2.21. The Morgan fingerprint density at radius 1 is 1.26 bits per heavy atom. The summed E-state index contributed by atoms with van der Waals surface area (Å²) >= 11 is 0. The Balaban J connectivity index is 1.77. The Bertz CT molecular complexity index is 723. The van der Waals surface area contributed by atoms with Crippen LogP contribution in [0.4, 0.5) is 5.82 Å². The van der Waals surface area contributed by atoms with E-state index in [1.54, 1.807) is 9.58 Å². The van der Waals surface area contributed by atoms with Gasteiger partial charge < -0.3 is 10.2 Å². The van der Waals surface area contributed by atoms with E-state index in [0.717, 1.165) is 17.7 Å². The summed E-state index contributed by atoms with van der Waals surface area (Å²) in [7, 11) is 0. The summed E-state index contributed by atoms with van der Waals surface area (Å²) < 4.78 is 1.74. The molecule has 0 aliphatic carbocycles. The van der Waals surface area contributed by atoms with Crippen molar-refractivity contribution >= 4 is 17.6 Å². The summed E-state index contributed by atoms with van der Waals surface area (Å²) in [6.45, 7) is 4.05. The monoisotopic (exact) mass is 312 g/mol. The maximum absolute atomic E-state index is 12.5. The van der Waals surface area contributed by atoms with Gasteiger partial charge in [-0.1, -0.05) is 18.2 Å². The Hall–Kier alpha value is -2.63. The molecule has 1 aliphatic rings. The van der Waals surface area contributed by atoms with Crippen molar-refractivity contribution in [3.05, 3.63) is 42.1 Å². The van der Waals surface area contributed by atoms with Crippen LogP contribution in [0.25, 0.3) is 5.69 Å². The SMILES string of the molecule is CC(=O)N1CCCC1C(=O)Nc1nn(-c2ccccc2)cc1C. The van der Waals surface area contributed by atoms with E-state index in [-0.39, 0.29) is 11.8 Å². The van der Waals surface area contributed by atoms with Crippen LogP contribution in [0.15, 0.2) is 36.5 Å². The van der Waals surface area contributed by atoms with Crippen molar-refractivity contribution in [1.29, 1.82) is 0 Å². The number of carbonyl (C=O) groups excluding carboxylic acids is 2. The first-order valence-electron chi connectivity index (χ1n) is 7.76. The molecule has 1 aromatic heterocycles. The molecule has 0 spiro atoms. The number of rotatable bonds is 3. The smallest absolute Gasteiger partial charge is 0.248 e. The number of anilines is 1. The molecule has 1 N–H and O–H groups in total. The average molecular weight is 312 g/mol. The van der Waals surface area contributed by atoms with Crippen LogP contribution in [-0.2, 0) is 9.59 Å². The number of nitrogens with one attached hydrogen (secondary N) is 1. The van der Waals surface area contributed by atoms with Crippen LogP contribution < -0.4 is 5.32 Å². The van der Waals surface area contributed by atoms with Crippen molar-refractivity contribution in [1.82, 2.24) is 14.7 Å². The molecule has 120 valence electrons. The third kappa shape index (κ3) is 3.11. The number of hydrogen-bond donors (Lipinski definition) is 1. The molecule has 0 bridgehead atoms. The average Bonchev–Trinajstić information content (AvgIpc) is 3.16. The second kappa shape index (κ2) is 6.24. The minimum Gasteiger partial charge on any atom is -0.331 e. The van der Waals surface area contributed by atoms with Gasteiger partial charge in [-0.25, -0.2) is 4.68 Å². The van der Waals surface area contributed by atoms with Crippen LogP contribution in [0, 0.1) is 6.92 Å². The van der Waals surface area contributed by atoms with E-state index in [9.17, 15) is 9.59 Å². The number of hydrogen-bond acceptors (Lipinski definition) is 3. The number of benzene rings is 1. The third-order valence-electron chi connectivity index (χ3n) is 4.12. The van der Waals surface area contributed by atoms with Crippen molar-refractivity contribution in [2.24, 2.45) is 0 Å². The number of para-hydroxylation sites is 1. The molecule has 1 aliphatic heterocycles. The van der Waals surface area contributed by atoms with Gasteiger partial charge in [0, 0.05) is 25.2 Å². The van der Waals surface area contributed by atoms with E-state index in [1.165, 1.54) is 6.92 Å². The lowest BCUT2D eigenvalue weighted by atomic mass is 10.2. The number of amides is 2. The van der Waals surface area contributed by atoms with Gasteiger partial charge in [0.25, 0.3) is 0 Å². The predicted molar refractivity (Wildman–Crippen MR) is 87.3 cm³/mol. The van der Waals surface area contributed by atoms with Crippen molar-refractivity contribution in [3.63, 3.8) is 0 Å². The Labute approximate surface area is 135 Å². The summed E-state index contributed by atoms with van der Waals surface area (Å²) in [6, 6.07) is 9.33. The fraction of sp³-hybridized carbons (Fsp3) is 0.353. The highest BCUT2D eigenvalue weighted by molar-refractivity contribution is 5.97. The van der Waals surface area contributed by atoms with E-state index in [4.69, 9.17) is 0 Å². The van der Waals surface area contributed by atoms with Crippen LogP contribution in [0.1, 0.15) is 25.3 Å². The number of carbonyl (C=O) groups is 2. The molecular formula is C17H20N4O2. The quantitative estimate of drug-likeness (QED) is 0.944. The molecule has 6 nitrogen and oxygen atoms in total. The lowest BCUT2D eigenvalue weighted by Crippen LogP contribution is -2.42. The summed E-state index contributed by atoms with van der Waals surface area (Å²) in [4.78, 5) is 25.7. The molecule has 0 saturated carbocycles. The van der Waals surface area contributed by atoms with Gasteiger partial charge >= 0.3 is 0 Å². The molecule has 1 saturated heterocycles. The van der Waals surface area contributed by atoms with Crippen LogP contribution in [-0.4, -0.2) is 39.1 Å². The fourth-order valence-electron chi connectivity index (χ4n) is 2.91. The molecular weight excluding hydrogens is 292 g/mol. The molecule has 6 heteroatoms. The maximum atomic E-state index is 12.5. The molecule has 1 unspecified atom stereocenters. The highest BCUT2D eigenvalue weighted by atomic mass is 16.2. The number of aryl methyl sites for hydroxylation is 1. The predicted octanol–water partition coefficient (Wildman–Crippen LogP) is 2.13. The van der Waals surface area contributed by atoms with E-state index in [0.29, 0.717) is 18.8 Å². The van der Waals surface area contributed by atoms with Gasteiger partial charge in [0.05, 0.1) is 5.69 Å². The van der Waals surface area contributed by atoms with Gasteiger partial charge in [-0.2, -0.15) is 0 Å². The number of nitrogens with zero attached hydrogens (tertiary/aromatic N) is 3. The highest BCUT2D eigenvalue weighted by Gasteiger charge is 2.32. The van der Waals surface area contributed by atoms with Crippen LogP contribution in [0.5, 0.6) is 0 Å². The number of likely N-dealkylation sites (tertiary alicyclic amines) is 1. The van der Waals surface area contributed by atoms with Gasteiger partial charge in [0.1, 0.15) is 6.04 Å². The van der Waals surface area contributed by atoms with Crippen LogP contribution in [0.2, 0.25) is 0 Å². The molecule has 2 aromatic rings. The third-order valence-corrected chi connectivity index (χ3v) is 4.12. The molecule has 2 heterocycles. The topological polar surface area (TPSA) is 67.2 Å². The molecule has 1 aromatic carbocycles. The Kier molecular flexibility index (Phi) is 4.14. The number of aromatic nitrogens is 2. The van der Waals surface area contributed by atoms with Gasteiger partial charge in [0.15, 0.2) is 5.82 Å². The van der Waals surface area contributed by atoms with Gasteiger partial charge in [-0.3, -0.25) is 9.59 Å². The van der Waals surface area contributed by atoms with Gasteiger partial charge in [-0.15, -0.1) is 5.10 Å². The molecule has 0 radical (unpaired) electrons. The van der Waals surface area contributed by atoms with Crippen molar-refractivity contribution in [2.75, 3.05) is 11.9 Å². The van der Waals surface area contributed by atoms with Crippen molar-refractivity contribution < 1.29 is 9.59 Å². The second-order valence-electron chi connectivity index (χ2n) is 5.80. The van der Waals surface area contributed by atoms with Crippen molar-refractivity contribution in [2.45, 2.75) is 32.7 Å². The van der Waals surface area contributed by atoms with E-state index in [1.807, 2.05) is 43.5 Å². The fourth-order valence-corrected chi connectivity index (χ4v) is 2.91. The maximum Gasteiger partial charge on any atom is 0.248 e. The van der Waals surface area contributed by atoms with Gasteiger partial charge in [-0.05, 0) is 31.9 Å². The first-order chi connectivity index (χ1) is 11.1. The summed E-state index contributed by atoms with van der Waals surface area (Å²) in [5, 5.41) is 7.30. The van der Waals surface area contributed by atoms with Crippen LogP contribution in [0.3, 0.4) is 0 Å². The lowest BCUT2D eigenvalue weighted by molar-refractivity contribution is -0.134. The minimum atomic E-state index is -0.395. The molecule has 1 atom stereocenters. The summed E-state index contributed by atoms with van der Waals surface area (Å²) in [6.07, 6.45) is 3.43. The van der Waals surface area contributed by atoms with Crippen molar-refractivity contribution in [3.8, 4) is 5.69 Å². The Morgan fingerprint density at radius 3 is 2.70 bits per heavy atom. The largest absolute Gasteiger partial charge is 0.331 e. The zero-order chi connectivity index (χ0) is 16.4. The molecule has 1 fully saturated rings. The summed E-state index contributed by atoms with van der Waals surface area (Å²) in [5.74, 6) is 0.308. The molecule has 23 heavy (non-hydrogen) atoms. The zero-order valence-electron chi connectivity index (χ0n) is 13.3. The van der Waals surface area contributed by atoms with Crippen LogP contribution >= 0.6 is 0 Å². The highest BCUT2D eigenvalue weighted by Crippen LogP contribution is 2.21. The first-order valence-corrected chi connectivity index (χ1v) is 7.76. The second-order valence-corrected chi connectivity index (χ2v) is 5.80. The zero-order valence-corrected chi connectivity index (χ0v) is 13.3. The standard InChI is InChI=1S/C17H20N4O2/c1-12-11-21(14-7-4-3-5-8-14)19-16(12)18-17(23)15-9-6-10-20(15)13(2)22/h3-5,7-8,11,15H,6,9-10H2,1-2H3,(H,18,19,23). The Morgan fingerprint density at radius 2 is 2.00 bits per heavy atom.